The predicted octanol–water partition coefficient (Wildman–Crippen LogP) is 4.21. The highest BCUT2D eigenvalue weighted by Gasteiger charge is 2.37. The van der Waals surface area contributed by atoms with Crippen molar-refractivity contribution in [2.75, 3.05) is 26.2 Å². The van der Waals surface area contributed by atoms with E-state index in [4.69, 9.17) is 0 Å². The molecule has 1 saturated carbocycles. The fourth-order valence-corrected chi connectivity index (χ4v) is 6.29. The van der Waals surface area contributed by atoms with Gasteiger partial charge in [-0.2, -0.15) is 0 Å². The standard InChI is InChI=1S/C24H37N3O2S/c1-18-11-14-26(15-12-18)21(22-10-6-16-30-22)17-25-23(28)20-9-5-13-27(20)24(29)19-7-3-2-4-8-19/h6,10,16,18-21H,2-5,7-9,11-15,17H2,1H3,(H,25,28)/t20-,21-/m1/s1. The Balaban J connectivity index is 1.37. The maximum atomic E-state index is 13.1. The molecule has 2 atom stereocenters. The second kappa shape index (κ2) is 10.3. The fraction of sp³-hybridized carbons (Fsp3) is 0.750. The summed E-state index contributed by atoms with van der Waals surface area (Å²) in [6.07, 6.45) is 9.73. The number of hydrogen-bond donors (Lipinski definition) is 1. The largest absolute Gasteiger partial charge is 0.352 e. The maximum absolute atomic E-state index is 13.1. The molecule has 2 saturated heterocycles. The lowest BCUT2D eigenvalue weighted by Gasteiger charge is -2.37. The first-order valence-electron chi connectivity index (χ1n) is 12.0. The highest BCUT2D eigenvalue weighted by atomic mass is 32.1. The van der Waals surface area contributed by atoms with Gasteiger partial charge in [0.05, 0.1) is 6.04 Å². The Bertz CT molecular complexity index is 693. The number of piperidine rings is 1. The molecule has 2 aliphatic heterocycles. The molecule has 1 N–H and O–H groups in total. The molecule has 0 aromatic carbocycles. The zero-order chi connectivity index (χ0) is 20.9. The molecule has 5 nitrogen and oxygen atoms in total. The minimum Gasteiger partial charge on any atom is -0.352 e. The molecule has 1 aromatic rings. The average molecular weight is 432 g/mol. The zero-order valence-corrected chi connectivity index (χ0v) is 19.2. The SMILES string of the molecule is CC1CCN([C@H](CNC(=O)[C@H]2CCCN2C(=O)C2CCCCC2)c2cccs2)CC1. The van der Waals surface area contributed by atoms with Gasteiger partial charge in [-0.3, -0.25) is 14.5 Å². The van der Waals surface area contributed by atoms with Crippen LogP contribution in [0.2, 0.25) is 0 Å². The minimum atomic E-state index is -0.273. The van der Waals surface area contributed by atoms with E-state index in [0.29, 0.717) is 6.54 Å². The second-order valence-electron chi connectivity index (χ2n) is 9.52. The van der Waals surface area contributed by atoms with Crippen LogP contribution in [0.15, 0.2) is 17.5 Å². The number of nitrogens with one attached hydrogen (secondary N) is 1. The molecule has 6 heteroatoms. The molecule has 0 radical (unpaired) electrons. The third-order valence-electron chi connectivity index (χ3n) is 7.39. The molecule has 0 spiro atoms. The third-order valence-corrected chi connectivity index (χ3v) is 8.37. The molecule has 3 fully saturated rings. The van der Waals surface area contributed by atoms with E-state index >= 15 is 0 Å². The van der Waals surface area contributed by atoms with E-state index in [9.17, 15) is 9.59 Å². The van der Waals surface area contributed by atoms with Crippen LogP contribution in [0.25, 0.3) is 0 Å². The smallest absolute Gasteiger partial charge is 0.242 e. The van der Waals surface area contributed by atoms with Gasteiger partial charge in [0.15, 0.2) is 0 Å². The number of nitrogens with zero attached hydrogens (tertiary/aromatic N) is 2. The van der Waals surface area contributed by atoms with Crippen LogP contribution < -0.4 is 5.32 Å². The van der Waals surface area contributed by atoms with Crippen LogP contribution in [0.1, 0.15) is 75.6 Å². The van der Waals surface area contributed by atoms with Crippen molar-refractivity contribution < 1.29 is 9.59 Å². The number of carbonyl (C=O) groups is 2. The van der Waals surface area contributed by atoms with Crippen molar-refractivity contribution in [2.24, 2.45) is 11.8 Å². The molecular formula is C24H37N3O2S. The lowest BCUT2D eigenvalue weighted by Crippen LogP contribution is -2.50. The highest BCUT2D eigenvalue weighted by molar-refractivity contribution is 7.10. The van der Waals surface area contributed by atoms with E-state index < -0.39 is 0 Å². The van der Waals surface area contributed by atoms with Crippen molar-refractivity contribution >= 4 is 23.2 Å². The summed E-state index contributed by atoms with van der Waals surface area (Å²) < 4.78 is 0. The van der Waals surface area contributed by atoms with Crippen LogP contribution in [0, 0.1) is 11.8 Å². The topological polar surface area (TPSA) is 52.7 Å². The van der Waals surface area contributed by atoms with E-state index in [1.165, 1.54) is 24.1 Å². The van der Waals surface area contributed by atoms with Crippen molar-refractivity contribution in [1.82, 2.24) is 15.1 Å². The molecule has 1 aliphatic carbocycles. The van der Waals surface area contributed by atoms with Crippen LogP contribution in [0.3, 0.4) is 0 Å². The van der Waals surface area contributed by atoms with Crippen LogP contribution in [0.4, 0.5) is 0 Å². The molecule has 1 aromatic heterocycles. The monoisotopic (exact) mass is 431 g/mol. The van der Waals surface area contributed by atoms with Crippen molar-refractivity contribution in [2.45, 2.75) is 76.8 Å². The summed E-state index contributed by atoms with van der Waals surface area (Å²) in [6, 6.07) is 4.26. The molecule has 30 heavy (non-hydrogen) atoms. The van der Waals surface area contributed by atoms with Crippen LogP contribution >= 0.6 is 11.3 Å². The van der Waals surface area contributed by atoms with Gasteiger partial charge in [-0.15, -0.1) is 11.3 Å². The third kappa shape index (κ3) is 5.08. The van der Waals surface area contributed by atoms with Gasteiger partial charge in [0.2, 0.25) is 11.8 Å². The maximum Gasteiger partial charge on any atom is 0.242 e. The van der Waals surface area contributed by atoms with E-state index in [0.717, 1.165) is 64.1 Å². The van der Waals surface area contributed by atoms with Crippen molar-refractivity contribution in [3.05, 3.63) is 22.4 Å². The summed E-state index contributed by atoms with van der Waals surface area (Å²) in [5.74, 6) is 1.20. The fourth-order valence-electron chi connectivity index (χ4n) is 5.43. The van der Waals surface area contributed by atoms with Crippen molar-refractivity contribution in [3.63, 3.8) is 0 Å². The van der Waals surface area contributed by atoms with Crippen LogP contribution in [-0.2, 0) is 9.59 Å². The lowest BCUT2D eigenvalue weighted by atomic mass is 9.88. The Morgan fingerprint density at radius 3 is 2.53 bits per heavy atom. The average Bonchev–Trinajstić information content (AvgIpc) is 3.47. The lowest BCUT2D eigenvalue weighted by molar-refractivity contribution is -0.142. The molecule has 4 rings (SSSR count). The normalized spacial score (nSPS) is 25.4. The summed E-state index contributed by atoms with van der Waals surface area (Å²) in [5, 5.41) is 5.36. The highest BCUT2D eigenvalue weighted by Crippen LogP contribution is 2.31. The number of carbonyl (C=O) groups excluding carboxylic acids is 2. The van der Waals surface area contributed by atoms with E-state index in [1.807, 2.05) is 4.90 Å². The number of likely N-dealkylation sites (tertiary alicyclic amines) is 2. The predicted molar refractivity (Wildman–Crippen MR) is 121 cm³/mol. The Hall–Kier alpha value is -1.40. The molecular weight excluding hydrogens is 394 g/mol. The van der Waals surface area contributed by atoms with Crippen LogP contribution in [-0.4, -0.2) is 53.8 Å². The first-order valence-corrected chi connectivity index (χ1v) is 12.9. The quantitative estimate of drug-likeness (QED) is 0.734. The van der Waals surface area contributed by atoms with Crippen molar-refractivity contribution in [3.8, 4) is 0 Å². The molecule has 0 bridgehead atoms. The van der Waals surface area contributed by atoms with Gasteiger partial charge in [0.25, 0.3) is 0 Å². The molecule has 2 amide bonds. The molecule has 3 aliphatic rings. The van der Waals surface area contributed by atoms with Gasteiger partial charge in [0, 0.05) is 23.9 Å². The van der Waals surface area contributed by atoms with Gasteiger partial charge >= 0.3 is 0 Å². The van der Waals surface area contributed by atoms with Crippen LogP contribution in [0.5, 0.6) is 0 Å². The van der Waals surface area contributed by atoms with Gasteiger partial charge < -0.3 is 10.2 Å². The van der Waals surface area contributed by atoms with E-state index in [-0.39, 0.29) is 29.8 Å². The first kappa shape index (κ1) is 21.8. The summed E-state index contributed by atoms with van der Waals surface area (Å²) in [4.78, 5) is 31.9. The summed E-state index contributed by atoms with van der Waals surface area (Å²) in [6.45, 7) is 5.89. The Morgan fingerprint density at radius 1 is 1.07 bits per heavy atom. The Kier molecular flexibility index (Phi) is 7.47. The van der Waals surface area contributed by atoms with Crippen molar-refractivity contribution in [1.29, 1.82) is 0 Å². The Morgan fingerprint density at radius 2 is 1.83 bits per heavy atom. The second-order valence-corrected chi connectivity index (χ2v) is 10.5. The summed E-state index contributed by atoms with van der Waals surface area (Å²) >= 11 is 1.78. The number of rotatable bonds is 6. The Labute approximate surface area is 185 Å². The van der Waals surface area contributed by atoms with Gasteiger partial charge in [-0.25, -0.2) is 0 Å². The zero-order valence-electron chi connectivity index (χ0n) is 18.4. The van der Waals surface area contributed by atoms with E-state index in [1.54, 1.807) is 11.3 Å². The molecule has 0 unspecified atom stereocenters. The number of amides is 2. The number of thiophene rings is 1. The van der Waals surface area contributed by atoms with Gasteiger partial charge in [-0.1, -0.05) is 32.3 Å². The minimum absolute atomic E-state index is 0.0450. The van der Waals surface area contributed by atoms with E-state index in [2.05, 4.69) is 34.7 Å². The molecule has 166 valence electrons. The summed E-state index contributed by atoms with van der Waals surface area (Å²) in [7, 11) is 0. The molecule has 3 heterocycles. The van der Waals surface area contributed by atoms with Gasteiger partial charge in [0.1, 0.15) is 6.04 Å². The summed E-state index contributed by atoms with van der Waals surface area (Å²) in [5.41, 5.74) is 0. The van der Waals surface area contributed by atoms with Gasteiger partial charge in [-0.05, 0) is 69.0 Å². The number of hydrogen-bond acceptors (Lipinski definition) is 4. The first-order chi connectivity index (χ1) is 14.6.